The Kier molecular flexibility index (Phi) is 3.39. The molecule has 1 heterocycles. The minimum absolute atomic E-state index is 0.402. The molecule has 1 N–H and O–H groups in total. The van der Waals surface area contributed by atoms with E-state index in [2.05, 4.69) is 9.97 Å². The third-order valence-electron chi connectivity index (χ3n) is 1.86. The lowest BCUT2D eigenvalue weighted by atomic mass is 10.2. The van der Waals surface area contributed by atoms with Crippen LogP contribution < -0.4 is 4.90 Å². The van der Waals surface area contributed by atoms with Gasteiger partial charge in [0, 0.05) is 26.0 Å². The van der Waals surface area contributed by atoms with Gasteiger partial charge in [-0.05, 0) is 6.07 Å². The van der Waals surface area contributed by atoms with Gasteiger partial charge < -0.3 is 10.0 Å². The van der Waals surface area contributed by atoms with Crippen LogP contribution in [0.2, 0.25) is 0 Å². The van der Waals surface area contributed by atoms with Crippen molar-refractivity contribution in [3.05, 3.63) is 18.5 Å². The van der Waals surface area contributed by atoms with Gasteiger partial charge in [-0.3, -0.25) is 4.79 Å². The zero-order chi connectivity index (χ0) is 10.6. The van der Waals surface area contributed by atoms with E-state index in [-0.39, 0.29) is 0 Å². The monoisotopic (exact) mass is 195 g/mol. The van der Waals surface area contributed by atoms with Crippen molar-refractivity contribution in [2.24, 2.45) is 5.92 Å². The summed E-state index contributed by atoms with van der Waals surface area (Å²) in [5.74, 6) is -0.697. The van der Waals surface area contributed by atoms with Gasteiger partial charge in [0.1, 0.15) is 0 Å². The normalized spacial score (nSPS) is 12.1. The predicted molar refractivity (Wildman–Crippen MR) is 52.1 cm³/mol. The first-order valence-corrected chi connectivity index (χ1v) is 4.32. The van der Waals surface area contributed by atoms with Crippen LogP contribution in [0.5, 0.6) is 0 Å². The SMILES string of the molecule is CC(CN(C)c1ncccn1)C(=O)O. The second-order valence-corrected chi connectivity index (χ2v) is 3.17. The van der Waals surface area contributed by atoms with Crippen molar-refractivity contribution in [3.8, 4) is 0 Å². The van der Waals surface area contributed by atoms with Crippen molar-refractivity contribution in [1.82, 2.24) is 9.97 Å². The maximum absolute atomic E-state index is 10.6. The number of nitrogens with zero attached hydrogens (tertiary/aromatic N) is 3. The van der Waals surface area contributed by atoms with Crippen molar-refractivity contribution in [1.29, 1.82) is 0 Å². The van der Waals surface area contributed by atoms with Crippen LogP contribution in [0.1, 0.15) is 6.92 Å². The Balaban J connectivity index is 2.59. The van der Waals surface area contributed by atoms with Gasteiger partial charge in [0.2, 0.25) is 5.95 Å². The van der Waals surface area contributed by atoms with Gasteiger partial charge in [0.15, 0.2) is 0 Å². The topological polar surface area (TPSA) is 66.3 Å². The Hall–Kier alpha value is -1.65. The van der Waals surface area contributed by atoms with Crippen molar-refractivity contribution in [3.63, 3.8) is 0 Å². The summed E-state index contributed by atoms with van der Waals surface area (Å²) in [7, 11) is 1.77. The minimum atomic E-state index is -0.812. The van der Waals surface area contributed by atoms with Gasteiger partial charge >= 0.3 is 5.97 Å². The van der Waals surface area contributed by atoms with Crippen LogP contribution in [-0.4, -0.2) is 34.6 Å². The first-order chi connectivity index (χ1) is 6.61. The maximum Gasteiger partial charge on any atom is 0.308 e. The number of aromatic nitrogens is 2. The average molecular weight is 195 g/mol. The first kappa shape index (κ1) is 10.4. The molecule has 0 spiro atoms. The zero-order valence-corrected chi connectivity index (χ0v) is 8.21. The van der Waals surface area contributed by atoms with Crippen LogP contribution in [0.25, 0.3) is 0 Å². The van der Waals surface area contributed by atoms with Gasteiger partial charge in [-0.2, -0.15) is 0 Å². The van der Waals surface area contributed by atoms with Gasteiger partial charge in [0.25, 0.3) is 0 Å². The Morgan fingerprint density at radius 2 is 2.14 bits per heavy atom. The molecule has 76 valence electrons. The highest BCUT2D eigenvalue weighted by Crippen LogP contribution is 2.05. The van der Waals surface area contributed by atoms with E-state index in [0.29, 0.717) is 12.5 Å². The van der Waals surface area contributed by atoms with E-state index in [4.69, 9.17) is 5.11 Å². The summed E-state index contributed by atoms with van der Waals surface area (Å²) in [5, 5.41) is 8.71. The fraction of sp³-hybridized carbons (Fsp3) is 0.444. The number of rotatable bonds is 4. The predicted octanol–water partition coefficient (Wildman–Crippen LogP) is 0.634. The van der Waals surface area contributed by atoms with Gasteiger partial charge in [-0.1, -0.05) is 6.92 Å². The molecule has 1 unspecified atom stereocenters. The third-order valence-corrected chi connectivity index (χ3v) is 1.86. The van der Waals surface area contributed by atoms with Crippen molar-refractivity contribution in [2.75, 3.05) is 18.5 Å². The molecule has 0 amide bonds. The molecule has 1 atom stereocenters. The highest BCUT2D eigenvalue weighted by atomic mass is 16.4. The van der Waals surface area contributed by atoms with E-state index in [9.17, 15) is 4.79 Å². The summed E-state index contributed by atoms with van der Waals surface area (Å²) in [6.45, 7) is 2.06. The van der Waals surface area contributed by atoms with Crippen LogP contribution in [0.4, 0.5) is 5.95 Å². The number of carboxylic acids is 1. The molecule has 0 aliphatic heterocycles. The van der Waals surface area contributed by atoms with Crippen molar-refractivity contribution >= 4 is 11.9 Å². The maximum atomic E-state index is 10.6. The molecule has 5 heteroatoms. The van der Waals surface area contributed by atoms with E-state index >= 15 is 0 Å². The molecule has 14 heavy (non-hydrogen) atoms. The Morgan fingerprint density at radius 3 is 2.64 bits per heavy atom. The van der Waals surface area contributed by atoms with Crippen LogP contribution in [0.3, 0.4) is 0 Å². The van der Waals surface area contributed by atoms with E-state index in [1.54, 1.807) is 37.3 Å². The Labute approximate surface area is 82.4 Å². The molecule has 0 bridgehead atoms. The summed E-state index contributed by atoms with van der Waals surface area (Å²) in [5.41, 5.74) is 0. The lowest BCUT2D eigenvalue weighted by Crippen LogP contribution is -2.29. The van der Waals surface area contributed by atoms with Crippen LogP contribution in [0, 0.1) is 5.92 Å². The van der Waals surface area contributed by atoms with Gasteiger partial charge in [0.05, 0.1) is 5.92 Å². The summed E-state index contributed by atoms with van der Waals surface area (Å²) >= 11 is 0. The molecule has 1 rings (SSSR count). The Morgan fingerprint density at radius 1 is 1.57 bits per heavy atom. The van der Waals surface area contributed by atoms with E-state index in [1.165, 1.54) is 0 Å². The van der Waals surface area contributed by atoms with Crippen molar-refractivity contribution in [2.45, 2.75) is 6.92 Å². The van der Waals surface area contributed by atoms with E-state index in [1.807, 2.05) is 0 Å². The fourth-order valence-corrected chi connectivity index (χ4v) is 1.06. The van der Waals surface area contributed by atoms with Gasteiger partial charge in [-0.25, -0.2) is 9.97 Å². The molecule has 0 aliphatic carbocycles. The summed E-state index contributed by atoms with van der Waals surface area (Å²) < 4.78 is 0. The van der Waals surface area contributed by atoms with Crippen LogP contribution >= 0.6 is 0 Å². The number of carboxylic acid groups (broad SMARTS) is 1. The van der Waals surface area contributed by atoms with Crippen molar-refractivity contribution < 1.29 is 9.90 Å². The molecule has 0 radical (unpaired) electrons. The molecular formula is C9H13N3O2. The molecule has 0 aliphatic rings. The third kappa shape index (κ3) is 2.69. The number of carbonyl (C=O) groups is 1. The highest BCUT2D eigenvalue weighted by Gasteiger charge is 2.14. The molecule has 1 aromatic rings. The second-order valence-electron chi connectivity index (χ2n) is 3.17. The van der Waals surface area contributed by atoms with Crippen LogP contribution in [0.15, 0.2) is 18.5 Å². The lowest BCUT2D eigenvalue weighted by molar-refractivity contribution is -0.140. The van der Waals surface area contributed by atoms with Gasteiger partial charge in [-0.15, -0.1) is 0 Å². The standard InChI is InChI=1S/C9H13N3O2/c1-7(8(13)14)6-12(2)9-10-4-3-5-11-9/h3-5,7H,6H2,1-2H3,(H,13,14). The second kappa shape index (κ2) is 4.55. The van der Waals surface area contributed by atoms with E-state index < -0.39 is 11.9 Å². The Bertz CT molecular complexity index is 302. The molecule has 5 nitrogen and oxygen atoms in total. The molecule has 0 saturated carbocycles. The number of aliphatic carboxylic acids is 1. The minimum Gasteiger partial charge on any atom is -0.481 e. The summed E-state index contributed by atoms with van der Waals surface area (Å²) in [4.78, 5) is 20.3. The summed E-state index contributed by atoms with van der Waals surface area (Å²) in [6.07, 6.45) is 3.26. The first-order valence-electron chi connectivity index (χ1n) is 4.32. The zero-order valence-electron chi connectivity index (χ0n) is 8.21. The molecule has 0 saturated heterocycles. The van der Waals surface area contributed by atoms with E-state index in [0.717, 1.165) is 0 Å². The smallest absolute Gasteiger partial charge is 0.308 e. The quantitative estimate of drug-likeness (QED) is 0.763. The molecule has 0 fully saturated rings. The largest absolute Gasteiger partial charge is 0.481 e. The number of anilines is 1. The number of hydrogen-bond acceptors (Lipinski definition) is 4. The molecular weight excluding hydrogens is 182 g/mol. The molecule has 0 aromatic carbocycles. The fourth-order valence-electron chi connectivity index (χ4n) is 1.06. The lowest BCUT2D eigenvalue weighted by Gasteiger charge is -2.18. The molecule has 1 aromatic heterocycles. The van der Waals surface area contributed by atoms with Crippen LogP contribution in [-0.2, 0) is 4.79 Å². The summed E-state index contributed by atoms with van der Waals surface area (Å²) in [6, 6.07) is 1.72. The highest BCUT2D eigenvalue weighted by molar-refractivity contribution is 5.70. The number of hydrogen-bond donors (Lipinski definition) is 1. The average Bonchev–Trinajstić information content (AvgIpc) is 2.19.